The first-order valence-electron chi connectivity index (χ1n) is 5.55. The van der Waals surface area contributed by atoms with Crippen molar-refractivity contribution in [1.29, 1.82) is 0 Å². The molecule has 0 saturated carbocycles. The van der Waals surface area contributed by atoms with E-state index in [9.17, 15) is 5.11 Å². The van der Waals surface area contributed by atoms with Gasteiger partial charge in [-0.25, -0.2) is 0 Å². The first-order chi connectivity index (χ1) is 8.70. The van der Waals surface area contributed by atoms with E-state index in [-0.39, 0.29) is 5.75 Å². The van der Waals surface area contributed by atoms with Gasteiger partial charge in [-0.2, -0.15) is 0 Å². The number of phenolic OH excluding ortho intramolecular Hbond substituents is 1. The molecule has 0 fully saturated rings. The van der Waals surface area contributed by atoms with Gasteiger partial charge >= 0.3 is 0 Å². The van der Waals surface area contributed by atoms with Crippen LogP contribution in [0.2, 0.25) is 5.02 Å². The summed E-state index contributed by atoms with van der Waals surface area (Å²) in [5.74, 6) is 0.936. The molecule has 0 aliphatic rings. The second-order valence-electron chi connectivity index (χ2n) is 3.83. The molecule has 0 heterocycles. The molecule has 4 heteroatoms. The number of ether oxygens (including phenoxy) is 1. The quantitative estimate of drug-likeness (QED) is 0.884. The molecule has 0 spiro atoms. The van der Waals surface area contributed by atoms with Gasteiger partial charge in [-0.1, -0.05) is 23.7 Å². The average molecular weight is 264 g/mol. The third kappa shape index (κ3) is 2.87. The van der Waals surface area contributed by atoms with Crippen LogP contribution in [0.4, 0.5) is 5.69 Å². The number of halogens is 1. The number of rotatable bonds is 4. The zero-order valence-corrected chi connectivity index (χ0v) is 10.7. The molecule has 2 N–H and O–H groups in total. The maximum absolute atomic E-state index is 9.77. The summed E-state index contributed by atoms with van der Waals surface area (Å²) < 4.78 is 5.08. The number of benzene rings is 2. The molecule has 3 nitrogen and oxygen atoms in total. The molecular formula is C14H14ClNO2. The lowest BCUT2D eigenvalue weighted by molar-refractivity contribution is 0.415. The summed E-state index contributed by atoms with van der Waals surface area (Å²) in [5.41, 5.74) is 1.72. The Kier molecular flexibility index (Phi) is 3.95. The van der Waals surface area contributed by atoms with Crippen LogP contribution in [0.1, 0.15) is 5.56 Å². The van der Waals surface area contributed by atoms with E-state index in [4.69, 9.17) is 16.3 Å². The topological polar surface area (TPSA) is 41.5 Å². The summed E-state index contributed by atoms with van der Waals surface area (Å²) in [5, 5.41) is 13.3. The van der Waals surface area contributed by atoms with Gasteiger partial charge in [0.05, 0.1) is 12.1 Å². The number of methoxy groups -OCH3 is 1. The summed E-state index contributed by atoms with van der Waals surface area (Å²) in [6, 6.07) is 12.9. The molecule has 0 amide bonds. The van der Waals surface area contributed by atoms with E-state index in [2.05, 4.69) is 5.32 Å². The van der Waals surface area contributed by atoms with Crippen molar-refractivity contribution < 1.29 is 9.84 Å². The molecule has 0 atom stereocenters. The average Bonchev–Trinajstić information content (AvgIpc) is 2.41. The highest BCUT2D eigenvalue weighted by Crippen LogP contribution is 2.27. The van der Waals surface area contributed by atoms with Crippen LogP contribution in [-0.2, 0) is 6.54 Å². The standard InChI is InChI=1S/C14H14ClNO2/c1-18-12-7-5-11(6-8-12)16-9-10-3-2-4-13(15)14(10)17/h2-8,16-17H,9H2,1H3. The number of para-hydroxylation sites is 1. The minimum atomic E-state index is 0.125. The largest absolute Gasteiger partial charge is 0.506 e. The Labute approximate surface area is 111 Å². The van der Waals surface area contributed by atoms with Crippen LogP contribution in [0.15, 0.2) is 42.5 Å². The second kappa shape index (κ2) is 5.65. The smallest absolute Gasteiger partial charge is 0.139 e. The molecule has 0 saturated heterocycles. The van der Waals surface area contributed by atoms with E-state index in [0.29, 0.717) is 11.6 Å². The van der Waals surface area contributed by atoms with Crippen molar-refractivity contribution in [3.05, 3.63) is 53.1 Å². The van der Waals surface area contributed by atoms with Crippen molar-refractivity contribution in [3.63, 3.8) is 0 Å². The molecule has 18 heavy (non-hydrogen) atoms. The number of aromatic hydroxyl groups is 1. The summed E-state index contributed by atoms with van der Waals surface area (Å²) in [7, 11) is 1.63. The van der Waals surface area contributed by atoms with Gasteiger partial charge in [-0.15, -0.1) is 0 Å². The van der Waals surface area contributed by atoms with Gasteiger partial charge in [-0.05, 0) is 30.3 Å². The minimum Gasteiger partial charge on any atom is -0.506 e. The summed E-state index contributed by atoms with van der Waals surface area (Å²) in [6.45, 7) is 0.513. The van der Waals surface area contributed by atoms with Crippen molar-refractivity contribution >= 4 is 17.3 Å². The van der Waals surface area contributed by atoms with E-state index in [0.717, 1.165) is 17.0 Å². The van der Waals surface area contributed by atoms with Gasteiger partial charge in [0.15, 0.2) is 0 Å². The van der Waals surface area contributed by atoms with E-state index < -0.39 is 0 Å². The highest BCUT2D eigenvalue weighted by atomic mass is 35.5. The van der Waals surface area contributed by atoms with Crippen molar-refractivity contribution in [2.45, 2.75) is 6.54 Å². The number of phenols is 1. The minimum absolute atomic E-state index is 0.125. The SMILES string of the molecule is COc1ccc(NCc2cccc(Cl)c2O)cc1. The number of hydrogen-bond donors (Lipinski definition) is 2. The van der Waals surface area contributed by atoms with Crippen LogP contribution >= 0.6 is 11.6 Å². The molecule has 0 bridgehead atoms. The van der Waals surface area contributed by atoms with Crippen LogP contribution in [0.25, 0.3) is 0 Å². The molecular weight excluding hydrogens is 250 g/mol. The van der Waals surface area contributed by atoms with E-state index in [1.54, 1.807) is 13.2 Å². The Morgan fingerprint density at radius 2 is 1.89 bits per heavy atom. The second-order valence-corrected chi connectivity index (χ2v) is 4.24. The Bertz CT molecular complexity index is 526. The van der Waals surface area contributed by atoms with Gasteiger partial charge in [-0.3, -0.25) is 0 Å². The van der Waals surface area contributed by atoms with E-state index in [1.165, 1.54) is 0 Å². The fourth-order valence-electron chi connectivity index (χ4n) is 1.61. The van der Waals surface area contributed by atoms with Crippen molar-refractivity contribution in [1.82, 2.24) is 0 Å². The lowest BCUT2D eigenvalue weighted by atomic mass is 10.2. The monoisotopic (exact) mass is 263 g/mol. The van der Waals surface area contributed by atoms with Gasteiger partial charge in [0.25, 0.3) is 0 Å². The Morgan fingerprint density at radius 3 is 2.56 bits per heavy atom. The molecule has 2 aromatic carbocycles. The number of anilines is 1. The van der Waals surface area contributed by atoms with Gasteiger partial charge in [0, 0.05) is 17.8 Å². The van der Waals surface area contributed by atoms with Crippen LogP contribution in [0.3, 0.4) is 0 Å². The zero-order valence-electron chi connectivity index (χ0n) is 9.98. The highest BCUT2D eigenvalue weighted by Gasteiger charge is 2.04. The van der Waals surface area contributed by atoms with Crippen LogP contribution in [0.5, 0.6) is 11.5 Å². The van der Waals surface area contributed by atoms with Crippen LogP contribution < -0.4 is 10.1 Å². The molecule has 94 valence electrons. The molecule has 2 rings (SSSR count). The van der Waals surface area contributed by atoms with Crippen molar-refractivity contribution in [2.24, 2.45) is 0 Å². The maximum atomic E-state index is 9.77. The molecule has 0 unspecified atom stereocenters. The van der Waals surface area contributed by atoms with E-state index in [1.807, 2.05) is 36.4 Å². The third-order valence-electron chi connectivity index (χ3n) is 2.64. The Balaban J connectivity index is 2.04. The molecule has 2 aromatic rings. The summed E-state index contributed by atoms with van der Waals surface area (Å²) >= 11 is 5.84. The molecule has 0 aliphatic heterocycles. The van der Waals surface area contributed by atoms with Crippen LogP contribution in [0, 0.1) is 0 Å². The van der Waals surface area contributed by atoms with Crippen molar-refractivity contribution in [3.8, 4) is 11.5 Å². The first kappa shape index (κ1) is 12.6. The van der Waals surface area contributed by atoms with Gasteiger partial charge in [0.1, 0.15) is 11.5 Å². The molecule has 0 radical (unpaired) electrons. The lowest BCUT2D eigenvalue weighted by Crippen LogP contribution is -1.99. The fourth-order valence-corrected chi connectivity index (χ4v) is 1.80. The maximum Gasteiger partial charge on any atom is 0.139 e. The van der Waals surface area contributed by atoms with Gasteiger partial charge in [0.2, 0.25) is 0 Å². The van der Waals surface area contributed by atoms with Crippen molar-refractivity contribution in [2.75, 3.05) is 12.4 Å². The fraction of sp³-hybridized carbons (Fsp3) is 0.143. The highest BCUT2D eigenvalue weighted by molar-refractivity contribution is 6.32. The van der Waals surface area contributed by atoms with E-state index >= 15 is 0 Å². The summed E-state index contributed by atoms with van der Waals surface area (Å²) in [6.07, 6.45) is 0. The zero-order chi connectivity index (χ0) is 13.0. The number of nitrogens with one attached hydrogen (secondary N) is 1. The predicted molar refractivity (Wildman–Crippen MR) is 73.4 cm³/mol. The Morgan fingerprint density at radius 1 is 1.17 bits per heavy atom. The van der Waals surface area contributed by atoms with Gasteiger partial charge < -0.3 is 15.2 Å². The Hall–Kier alpha value is -1.87. The summed E-state index contributed by atoms with van der Waals surface area (Å²) in [4.78, 5) is 0. The third-order valence-corrected chi connectivity index (χ3v) is 2.95. The number of hydrogen-bond acceptors (Lipinski definition) is 3. The normalized spacial score (nSPS) is 10.1. The molecule has 0 aliphatic carbocycles. The van der Waals surface area contributed by atoms with Crippen LogP contribution in [-0.4, -0.2) is 12.2 Å². The predicted octanol–water partition coefficient (Wildman–Crippen LogP) is 3.67. The first-order valence-corrected chi connectivity index (χ1v) is 5.93. The molecule has 0 aromatic heterocycles. The lowest BCUT2D eigenvalue weighted by Gasteiger charge is -2.09.